The van der Waals surface area contributed by atoms with Gasteiger partial charge in [0, 0.05) is 5.54 Å². The van der Waals surface area contributed by atoms with E-state index in [-0.39, 0.29) is 4.91 Å². The highest BCUT2D eigenvalue weighted by Gasteiger charge is 2.25. The first-order valence-corrected chi connectivity index (χ1v) is 7.19. The summed E-state index contributed by atoms with van der Waals surface area (Å²) in [6, 6.07) is 9.86. The molecule has 2 rings (SSSR count). The van der Waals surface area contributed by atoms with Crippen molar-refractivity contribution in [2.45, 2.75) is 18.4 Å². The molecule has 0 heterocycles. The molecule has 4 N–H and O–H groups in total. The van der Waals surface area contributed by atoms with Crippen LogP contribution in [0.1, 0.15) is 12.0 Å². The molecule has 0 spiro atoms. The molecule has 0 amide bonds. The summed E-state index contributed by atoms with van der Waals surface area (Å²) >= 11 is 0. The van der Waals surface area contributed by atoms with Crippen LogP contribution in [0.15, 0.2) is 53.5 Å². The van der Waals surface area contributed by atoms with Crippen molar-refractivity contribution < 1.29 is 8.42 Å². The van der Waals surface area contributed by atoms with E-state index in [0.29, 0.717) is 12.8 Å². The van der Waals surface area contributed by atoms with Crippen molar-refractivity contribution in [3.8, 4) is 0 Å². The van der Waals surface area contributed by atoms with E-state index < -0.39 is 15.6 Å². The van der Waals surface area contributed by atoms with Gasteiger partial charge < -0.3 is 5.73 Å². The van der Waals surface area contributed by atoms with E-state index in [1.807, 2.05) is 30.3 Å². The number of primary sulfonamides is 1. The topological polar surface area (TPSA) is 86.2 Å². The number of benzene rings is 1. The Hall–Kier alpha value is -1.43. The molecule has 0 aromatic heterocycles. The van der Waals surface area contributed by atoms with Crippen LogP contribution in [-0.2, 0) is 16.4 Å². The highest BCUT2D eigenvalue weighted by atomic mass is 32.2. The first-order valence-electron chi connectivity index (χ1n) is 5.64. The smallest absolute Gasteiger partial charge is 0.237 e. The summed E-state index contributed by atoms with van der Waals surface area (Å²) in [6.07, 6.45) is 5.92. The van der Waals surface area contributed by atoms with Gasteiger partial charge in [-0.05, 0) is 24.5 Å². The Morgan fingerprint density at radius 2 is 1.89 bits per heavy atom. The molecule has 1 aromatic rings. The average molecular weight is 264 g/mol. The zero-order valence-corrected chi connectivity index (χ0v) is 10.7. The van der Waals surface area contributed by atoms with Crippen LogP contribution in [0.4, 0.5) is 0 Å². The van der Waals surface area contributed by atoms with E-state index in [9.17, 15) is 8.42 Å². The molecule has 0 saturated carbocycles. The second-order valence-corrected chi connectivity index (χ2v) is 6.15. The van der Waals surface area contributed by atoms with E-state index in [0.717, 1.165) is 5.56 Å². The zero-order chi connectivity index (χ0) is 13.2. The number of hydrogen-bond acceptors (Lipinski definition) is 3. The first kappa shape index (κ1) is 13.0. The van der Waals surface area contributed by atoms with Gasteiger partial charge in [-0.2, -0.15) is 0 Å². The largest absolute Gasteiger partial charge is 0.321 e. The summed E-state index contributed by atoms with van der Waals surface area (Å²) in [5, 5.41) is 5.06. The number of nitrogens with two attached hydrogens (primary N) is 2. The van der Waals surface area contributed by atoms with E-state index in [2.05, 4.69) is 0 Å². The predicted molar refractivity (Wildman–Crippen MR) is 72.0 cm³/mol. The highest BCUT2D eigenvalue weighted by molar-refractivity contribution is 7.93. The Kier molecular flexibility index (Phi) is 3.38. The Balaban J connectivity index is 2.14. The molecule has 1 unspecified atom stereocenters. The van der Waals surface area contributed by atoms with Gasteiger partial charge >= 0.3 is 0 Å². The number of rotatable bonds is 3. The molecule has 0 radical (unpaired) electrons. The van der Waals surface area contributed by atoms with Crippen molar-refractivity contribution in [2.75, 3.05) is 0 Å². The van der Waals surface area contributed by atoms with Crippen LogP contribution < -0.4 is 10.9 Å². The van der Waals surface area contributed by atoms with Crippen LogP contribution >= 0.6 is 0 Å². The molecule has 96 valence electrons. The quantitative estimate of drug-likeness (QED) is 0.855. The average Bonchev–Trinajstić information content (AvgIpc) is 2.29. The lowest BCUT2D eigenvalue weighted by atomic mass is 9.86. The van der Waals surface area contributed by atoms with Crippen molar-refractivity contribution in [1.29, 1.82) is 0 Å². The molecule has 0 bridgehead atoms. The molecule has 1 aliphatic carbocycles. The van der Waals surface area contributed by atoms with Gasteiger partial charge in [0.25, 0.3) is 0 Å². The van der Waals surface area contributed by atoms with Gasteiger partial charge in [-0.15, -0.1) is 0 Å². The molecule has 1 atom stereocenters. The number of sulfonamides is 1. The summed E-state index contributed by atoms with van der Waals surface area (Å²) in [6.45, 7) is 0. The maximum Gasteiger partial charge on any atom is 0.237 e. The zero-order valence-electron chi connectivity index (χ0n) is 9.91. The summed E-state index contributed by atoms with van der Waals surface area (Å²) < 4.78 is 22.3. The Morgan fingerprint density at radius 3 is 2.39 bits per heavy atom. The summed E-state index contributed by atoms with van der Waals surface area (Å²) in [7, 11) is -3.63. The summed E-state index contributed by atoms with van der Waals surface area (Å²) in [4.78, 5) is 0.136. The molecule has 4 nitrogen and oxygen atoms in total. The van der Waals surface area contributed by atoms with Crippen molar-refractivity contribution in [3.05, 3.63) is 59.0 Å². The normalized spacial score (nSPS) is 23.8. The fraction of sp³-hybridized carbons (Fsp3) is 0.231. The minimum absolute atomic E-state index is 0.136. The maximum absolute atomic E-state index is 11.2. The second kappa shape index (κ2) is 4.68. The lowest BCUT2D eigenvalue weighted by Crippen LogP contribution is -2.41. The first-order chi connectivity index (χ1) is 8.39. The van der Waals surface area contributed by atoms with Crippen LogP contribution in [0.3, 0.4) is 0 Å². The van der Waals surface area contributed by atoms with Gasteiger partial charge in [0.1, 0.15) is 0 Å². The van der Waals surface area contributed by atoms with E-state index in [1.165, 1.54) is 6.08 Å². The summed E-state index contributed by atoms with van der Waals surface area (Å²) in [5.74, 6) is 0. The molecular formula is C13H16N2O2S. The van der Waals surface area contributed by atoms with Gasteiger partial charge in [0.05, 0.1) is 4.91 Å². The van der Waals surface area contributed by atoms with Gasteiger partial charge in [-0.1, -0.05) is 42.5 Å². The molecule has 1 aromatic carbocycles. The SMILES string of the molecule is NC1(Cc2ccccc2)C=CC(S(N)(=O)=O)=CC1. The van der Waals surface area contributed by atoms with Crippen LogP contribution in [0.5, 0.6) is 0 Å². The minimum Gasteiger partial charge on any atom is -0.321 e. The second-order valence-electron chi connectivity index (χ2n) is 4.58. The fourth-order valence-electron chi connectivity index (χ4n) is 1.99. The van der Waals surface area contributed by atoms with E-state index >= 15 is 0 Å². The summed E-state index contributed by atoms with van der Waals surface area (Å²) in [5.41, 5.74) is 6.81. The van der Waals surface area contributed by atoms with Crippen LogP contribution in [0.25, 0.3) is 0 Å². The molecular weight excluding hydrogens is 248 g/mol. The minimum atomic E-state index is -3.63. The molecule has 0 aliphatic heterocycles. The van der Waals surface area contributed by atoms with Crippen LogP contribution in [0.2, 0.25) is 0 Å². The Bertz CT molecular complexity index is 591. The number of allylic oxidation sites excluding steroid dienone is 1. The van der Waals surface area contributed by atoms with Gasteiger partial charge in [0.15, 0.2) is 0 Å². The molecule has 0 saturated heterocycles. The molecule has 5 heteroatoms. The number of hydrogen-bond donors (Lipinski definition) is 2. The highest BCUT2D eigenvalue weighted by Crippen LogP contribution is 2.24. The van der Waals surface area contributed by atoms with Gasteiger partial charge in [-0.25, -0.2) is 13.6 Å². The monoisotopic (exact) mass is 264 g/mol. The van der Waals surface area contributed by atoms with Crippen LogP contribution in [0, 0.1) is 0 Å². The van der Waals surface area contributed by atoms with Crippen molar-refractivity contribution in [3.63, 3.8) is 0 Å². The Labute approximate surface area is 107 Å². The van der Waals surface area contributed by atoms with Crippen LogP contribution in [-0.4, -0.2) is 14.0 Å². The van der Waals surface area contributed by atoms with Gasteiger partial charge in [-0.3, -0.25) is 0 Å². The standard InChI is InChI=1S/C13H16N2O2S/c14-13(10-11-4-2-1-3-5-11)8-6-12(7-9-13)18(15,16)17/h1-8H,9-10,14H2,(H2,15,16,17). The van der Waals surface area contributed by atoms with Crippen molar-refractivity contribution in [2.24, 2.45) is 10.9 Å². The lowest BCUT2D eigenvalue weighted by Gasteiger charge is -2.27. The molecule has 18 heavy (non-hydrogen) atoms. The predicted octanol–water partition coefficient (Wildman–Crippen LogP) is 1.06. The van der Waals surface area contributed by atoms with E-state index in [1.54, 1.807) is 12.2 Å². The lowest BCUT2D eigenvalue weighted by molar-refractivity contribution is 0.526. The van der Waals surface area contributed by atoms with E-state index in [4.69, 9.17) is 10.9 Å². The van der Waals surface area contributed by atoms with Crippen molar-refractivity contribution >= 4 is 10.0 Å². The van der Waals surface area contributed by atoms with Crippen molar-refractivity contribution in [1.82, 2.24) is 0 Å². The third kappa shape index (κ3) is 3.07. The third-order valence-corrected chi connectivity index (χ3v) is 3.93. The third-order valence-electron chi connectivity index (χ3n) is 2.97. The fourth-order valence-corrected chi connectivity index (χ4v) is 2.57. The Morgan fingerprint density at radius 1 is 1.22 bits per heavy atom. The van der Waals surface area contributed by atoms with Gasteiger partial charge in [0.2, 0.25) is 10.0 Å². The maximum atomic E-state index is 11.2. The molecule has 1 aliphatic rings. The molecule has 0 fully saturated rings.